The van der Waals surface area contributed by atoms with Gasteiger partial charge in [-0.1, -0.05) is 121 Å². The molecule has 0 heterocycles. The number of carbonyl (C=O) groups is 1. The molecule has 4 aromatic rings. The summed E-state index contributed by atoms with van der Waals surface area (Å²) in [7, 11) is 0. The molecule has 3 nitrogen and oxygen atoms in total. The van der Waals surface area contributed by atoms with Crippen LogP contribution in [0.2, 0.25) is 0 Å². The highest BCUT2D eigenvalue weighted by Gasteiger charge is 2.73. The van der Waals surface area contributed by atoms with Crippen LogP contribution in [0.4, 0.5) is 0 Å². The van der Waals surface area contributed by atoms with Gasteiger partial charge in [-0.05, 0) is 46.7 Å². The lowest BCUT2D eigenvalue weighted by Crippen LogP contribution is -2.45. The maximum atomic E-state index is 13.8. The maximum absolute atomic E-state index is 13.8. The van der Waals surface area contributed by atoms with Gasteiger partial charge in [0.15, 0.2) is 0 Å². The zero-order chi connectivity index (χ0) is 25.5. The van der Waals surface area contributed by atoms with Crippen LogP contribution in [0.3, 0.4) is 0 Å². The van der Waals surface area contributed by atoms with Gasteiger partial charge in [-0.25, -0.2) is 0 Å². The van der Waals surface area contributed by atoms with Gasteiger partial charge in [0.2, 0.25) is 0 Å². The predicted octanol–water partition coefficient (Wildman–Crippen LogP) is 6.43. The van der Waals surface area contributed by atoms with E-state index in [0.29, 0.717) is 13.0 Å². The summed E-state index contributed by atoms with van der Waals surface area (Å²) in [6, 6.07) is 40.8. The molecule has 1 N–H and O–H groups in total. The lowest BCUT2D eigenvalue weighted by molar-refractivity contribution is -0.149. The van der Waals surface area contributed by atoms with Gasteiger partial charge in [0.1, 0.15) is 0 Å². The smallest absolute Gasteiger partial charge is 0.310 e. The summed E-state index contributed by atoms with van der Waals surface area (Å²) in [6.07, 6.45) is -0.406. The van der Waals surface area contributed by atoms with Crippen molar-refractivity contribution >= 4 is 17.1 Å². The molecular weight excluding hydrogens is 456 g/mol. The van der Waals surface area contributed by atoms with Crippen molar-refractivity contribution in [2.45, 2.75) is 30.3 Å². The molecule has 0 amide bonds. The maximum Gasteiger partial charge on any atom is 0.310 e. The van der Waals surface area contributed by atoms with Crippen molar-refractivity contribution in [2.24, 2.45) is 5.92 Å². The Balaban J connectivity index is 1.80. The molecule has 0 saturated heterocycles. The summed E-state index contributed by atoms with van der Waals surface area (Å²) >= 11 is 0. The second-order valence-electron chi connectivity index (χ2n) is 9.97. The van der Waals surface area contributed by atoms with Crippen molar-refractivity contribution in [1.29, 1.82) is 0 Å². The molecule has 4 aromatic carbocycles. The first kappa shape index (κ1) is 23.4. The summed E-state index contributed by atoms with van der Waals surface area (Å²) in [5.74, 6) is -0.809. The lowest BCUT2D eigenvalue weighted by atomic mass is 9.62. The molecule has 2 aliphatic rings. The quantitative estimate of drug-likeness (QED) is 0.320. The molecule has 1 saturated carbocycles. The summed E-state index contributed by atoms with van der Waals surface area (Å²) in [5, 5.41) is 12.7. The van der Waals surface area contributed by atoms with Crippen LogP contribution in [-0.4, -0.2) is 23.8 Å². The number of aliphatic hydroxyl groups excluding tert-OH is 1. The van der Waals surface area contributed by atoms with Gasteiger partial charge in [-0.2, -0.15) is 0 Å². The highest BCUT2D eigenvalue weighted by atomic mass is 16.5. The zero-order valence-corrected chi connectivity index (χ0v) is 20.9. The van der Waals surface area contributed by atoms with Crippen LogP contribution in [0.1, 0.15) is 35.6 Å². The standard InChI is InChI=1S/C34H30O3/c1-2-37-31(35)28-23-33(26-19-11-5-12-20-26)29(24-15-7-3-8-16-24)30(25-17-9-4-10-18-25)34(28,32(33)36)27-21-13-6-14-22-27/h3-22,28,32,36H,2,23H2,1H3. The van der Waals surface area contributed by atoms with Crippen LogP contribution in [0.5, 0.6) is 0 Å². The largest absolute Gasteiger partial charge is 0.466 e. The average Bonchev–Trinajstić information content (AvgIpc) is 3.37. The van der Waals surface area contributed by atoms with Gasteiger partial charge in [0.25, 0.3) is 0 Å². The molecule has 4 unspecified atom stereocenters. The van der Waals surface area contributed by atoms with Crippen LogP contribution >= 0.6 is 0 Å². The third kappa shape index (κ3) is 3.27. The average molecular weight is 487 g/mol. The molecule has 0 radical (unpaired) electrons. The van der Waals surface area contributed by atoms with Crippen LogP contribution in [0, 0.1) is 5.92 Å². The fourth-order valence-electron chi connectivity index (χ4n) is 7.03. The number of hydrogen-bond donors (Lipinski definition) is 1. The summed E-state index contributed by atoms with van der Waals surface area (Å²) in [4.78, 5) is 13.8. The SMILES string of the molecule is CCOC(=O)C1CC2(c3ccccc3)C(c3ccccc3)=C(c3ccccc3)C1(c1ccccc1)C2O. The monoisotopic (exact) mass is 486 g/mol. The van der Waals surface area contributed by atoms with Crippen molar-refractivity contribution in [3.05, 3.63) is 144 Å². The Kier molecular flexibility index (Phi) is 5.81. The molecule has 3 heteroatoms. The van der Waals surface area contributed by atoms with E-state index in [1.165, 1.54) is 0 Å². The zero-order valence-electron chi connectivity index (χ0n) is 20.9. The van der Waals surface area contributed by atoms with Gasteiger partial charge >= 0.3 is 5.97 Å². The number of fused-ring (bicyclic) bond motifs is 2. The normalized spacial score (nSPS) is 26.3. The molecule has 2 aliphatic carbocycles. The Morgan fingerprint density at radius 3 is 1.70 bits per heavy atom. The summed E-state index contributed by atoms with van der Waals surface area (Å²) < 4.78 is 5.71. The molecule has 6 rings (SSSR count). The van der Waals surface area contributed by atoms with Crippen molar-refractivity contribution in [1.82, 2.24) is 0 Å². The Labute approximate surface area is 218 Å². The number of rotatable bonds is 6. The van der Waals surface area contributed by atoms with Gasteiger partial charge in [-0.3, -0.25) is 4.79 Å². The van der Waals surface area contributed by atoms with E-state index in [9.17, 15) is 9.90 Å². The van der Waals surface area contributed by atoms with Crippen molar-refractivity contribution in [3.63, 3.8) is 0 Å². The Morgan fingerprint density at radius 1 is 0.730 bits per heavy atom. The third-order valence-electron chi connectivity index (χ3n) is 8.32. The first-order valence-corrected chi connectivity index (χ1v) is 13.0. The van der Waals surface area contributed by atoms with E-state index in [4.69, 9.17) is 4.74 Å². The van der Waals surface area contributed by atoms with E-state index in [0.717, 1.165) is 33.4 Å². The Morgan fingerprint density at radius 2 is 1.19 bits per heavy atom. The Hall–Kier alpha value is -3.95. The molecule has 0 aromatic heterocycles. The van der Waals surface area contributed by atoms with Crippen LogP contribution in [0.25, 0.3) is 11.1 Å². The molecule has 1 fully saturated rings. The minimum absolute atomic E-state index is 0.260. The summed E-state index contributed by atoms with van der Waals surface area (Å²) in [6.45, 7) is 2.14. The number of aliphatic hydroxyl groups is 1. The Bertz CT molecular complexity index is 1430. The van der Waals surface area contributed by atoms with E-state index in [-0.39, 0.29) is 5.97 Å². The topological polar surface area (TPSA) is 46.5 Å². The van der Waals surface area contributed by atoms with E-state index in [2.05, 4.69) is 36.4 Å². The summed E-state index contributed by atoms with van der Waals surface area (Å²) in [5.41, 5.74) is 4.34. The fraction of sp³-hybridized carbons (Fsp3) is 0.206. The first-order chi connectivity index (χ1) is 18.2. The molecule has 4 atom stereocenters. The molecular formula is C34H30O3. The molecule has 0 spiro atoms. The van der Waals surface area contributed by atoms with Crippen LogP contribution < -0.4 is 0 Å². The number of benzene rings is 4. The van der Waals surface area contributed by atoms with Crippen molar-refractivity contribution in [2.75, 3.05) is 6.61 Å². The van der Waals surface area contributed by atoms with Gasteiger partial charge in [0, 0.05) is 5.41 Å². The fourth-order valence-corrected chi connectivity index (χ4v) is 7.03. The number of ether oxygens (including phenoxy) is 1. The second kappa shape index (κ2) is 9.17. The van der Waals surface area contributed by atoms with Crippen LogP contribution in [-0.2, 0) is 20.4 Å². The van der Waals surface area contributed by atoms with Crippen molar-refractivity contribution in [3.8, 4) is 0 Å². The molecule has 0 aliphatic heterocycles. The lowest BCUT2D eigenvalue weighted by Gasteiger charge is -2.39. The molecule has 37 heavy (non-hydrogen) atoms. The van der Waals surface area contributed by atoms with Gasteiger partial charge in [-0.15, -0.1) is 0 Å². The molecule has 2 bridgehead atoms. The van der Waals surface area contributed by atoms with Crippen molar-refractivity contribution < 1.29 is 14.6 Å². The van der Waals surface area contributed by atoms with E-state index in [1.807, 2.05) is 91.9 Å². The first-order valence-electron chi connectivity index (χ1n) is 13.0. The number of esters is 1. The number of hydrogen-bond acceptors (Lipinski definition) is 3. The highest BCUT2D eigenvalue weighted by molar-refractivity contribution is 6.08. The minimum atomic E-state index is -0.976. The van der Waals surface area contributed by atoms with Gasteiger partial charge < -0.3 is 9.84 Å². The predicted molar refractivity (Wildman–Crippen MR) is 147 cm³/mol. The third-order valence-corrected chi connectivity index (χ3v) is 8.32. The van der Waals surface area contributed by atoms with E-state index in [1.54, 1.807) is 0 Å². The second-order valence-corrected chi connectivity index (χ2v) is 9.97. The van der Waals surface area contributed by atoms with E-state index >= 15 is 0 Å². The van der Waals surface area contributed by atoms with Crippen LogP contribution in [0.15, 0.2) is 121 Å². The molecule has 184 valence electrons. The number of carbonyl (C=O) groups excluding carboxylic acids is 1. The highest BCUT2D eigenvalue weighted by Crippen LogP contribution is 2.72. The minimum Gasteiger partial charge on any atom is -0.466 e. The van der Waals surface area contributed by atoms with E-state index < -0.39 is 22.9 Å². The van der Waals surface area contributed by atoms with Gasteiger partial charge in [0.05, 0.1) is 24.0 Å².